The van der Waals surface area contributed by atoms with Gasteiger partial charge in [-0.25, -0.2) is 0 Å². The minimum Gasteiger partial charge on any atom is -0.316 e. The maximum atomic E-state index is 8.82. The molecule has 0 spiro atoms. The van der Waals surface area contributed by atoms with Crippen LogP contribution in [0, 0.1) is 0 Å². The van der Waals surface area contributed by atoms with Gasteiger partial charge in [-0.3, -0.25) is 5.21 Å². The Morgan fingerprint density at radius 1 is 1.50 bits per heavy atom. The van der Waals surface area contributed by atoms with E-state index in [9.17, 15) is 0 Å². The van der Waals surface area contributed by atoms with Crippen molar-refractivity contribution >= 4 is 0 Å². The van der Waals surface area contributed by atoms with Gasteiger partial charge in [-0.05, 0) is 12.6 Å². The molecule has 0 aliphatic rings. The zero-order chi connectivity index (χ0) is 7.40. The molecule has 1 heterocycles. The molecule has 0 aromatic carbocycles. The molecule has 0 atom stereocenters. The molecular weight excluding hydrogens is 128 g/mol. The van der Waals surface area contributed by atoms with Crippen LogP contribution in [0.1, 0.15) is 5.56 Å². The number of hydrogen-bond acceptors (Lipinski definition) is 2. The quantitative estimate of drug-likeness (QED) is 0.444. The summed E-state index contributed by atoms with van der Waals surface area (Å²) in [6, 6.07) is 3.72. The van der Waals surface area contributed by atoms with Crippen LogP contribution in [0.4, 0.5) is 0 Å². The fourth-order valence-electron chi connectivity index (χ4n) is 0.771. The molecule has 0 unspecified atom stereocenters. The first-order valence-electron chi connectivity index (χ1n) is 3.17. The van der Waals surface area contributed by atoms with Gasteiger partial charge in [-0.2, -0.15) is 0 Å². The van der Waals surface area contributed by atoms with Crippen LogP contribution >= 0.6 is 0 Å². The van der Waals surface area contributed by atoms with Gasteiger partial charge in [0.15, 0.2) is 0 Å². The van der Waals surface area contributed by atoms with Gasteiger partial charge in [-0.1, -0.05) is 0 Å². The molecule has 1 aromatic heterocycles. The van der Waals surface area contributed by atoms with Gasteiger partial charge in [0.25, 0.3) is 0 Å². The van der Waals surface area contributed by atoms with Crippen molar-refractivity contribution in [2.24, 2.45) is 0 Å². The number of nitrogens with one attached hydrogen (secondary N) is 1. The van der Waals surface area contributed by atoms with Crippen LogP contribution in [0.15, 0.2) is 24.5 Å². The van der Waals surface area contributed by atoms with E-state index in [1.165, 1.54) is 0 Å². The van der Waals surface area contributed by atoms with E-state index in [2.05, 4.69) is 5.32 Å². The summed E-state index contributed by atoms with van der Waals surface area (Å²) in [7, 11) is 1.89. The summed E-state index contributed by atoms with van der Waals surface area (Å²) in [5.74, 6) is 0. The highest BCUT2D eigenvalue weighted by atomic mass is 16.5. The lowest BCUT2D eigenvalue weighted by molar-refractivity contribution is -0.904. The SMILES string of the molecule is CNCc1cc[n+](O)cc1. The Balaban J connectivity index is 2.69. The minimum atomic E-state index is 0.834. The topological polar surface area (TPSA) is 36.1 Å². The van der Waals surface area contributed by atoms with Gasteiger partial charge in [0.1, 0.15) is 0 Å². The zero-order valence-electron chi connectivity index (χ0n) is 5.91. The van der Waals surface area contributed by atoms with E-state index in [-0.39, 0.29) is 0 Å². The first kappa shape index (κ1) is 7.02. The molecule has 0 aliphatic carbocycles. The third-order valence-electron chi connectivity index (χ3n) is 1.26. The molecule has 3 nitrogen and oxygen atoms in total. The van der Waals surface area contributed by atoms with Crippen LogP contribution in [0.5, 0.6) is 0 Å². The van der Waals surface area contributed by atoms with Gasteiger partial charge >= 0.3 is 0 Å². The van der Waals surface area contributed by atoms with Gasteiger partial charge in [-0.15, -0.1) is 0 Å². The lowest BCUT2D eigenvalue weighted by atomic mass is 10.3. The fraction of sp³-hybridized carbons (Fsp3) is 0.286. The average molecular weight is 139 g/mol. The highest BCUT2D eigenvalue weighted by molar-refractivity contribution is 5.06. The van der Waals surface area contributed by atoms with Crippen molar-refractivity contribution in [2.75, 3.05) is 7.05 Å². The Morgan fingerprint density at radius 3 is 2.60 bits per heavy atom. The predicted molar refractivity (Wildman–Crippen MR) is 36.6 cm³/mol. The molecule has 0 amide bonds. The van der Waals surface area contributed by atoms with Crippen LogP contribution < -0.4 is 10.0 Å². The third-order valence-corrected chi connectivity index (χ3v) is 1.26. The maximum absolute atomic E-state index is 8.82. The van der Waals surface area contributed by atoms with Crippen LogP contribution in [-0.2, 0) is 6.54 Å². The molecule has 2 N–H and O–H groups in total. The Labute approximate surface area is 59.9 Å². The van der Waals surface area contributed by atoms with Crippen LogP contribution in [0.25, 0.3) is 0 Å². The maximum Gasteiger partial charge on any atom is 0.222 e. The van der Waals surface area contributed by atoms with Crippen LogP contribution in [0.2, 0.25) is 0 Å². The summed E-state index contributed by atoms with van der Waals surface area (Å²) in [5.41, 5.74) is 1.16. The molecule has 0 radical (unpaired) electrons. The standard InChI is InChI=1S/C7H11N2O/c1-8-6-7-2-4-9(10)5-3-7/h2-5,8,10H,6H2,1H3/q+1. The third kappa shape index (κ3) is 1.70. The van der Waals surface area contributed by atoms with Crippen molar-refractivity contribution in [1.82, 2.24) is 5.32 Å². The smallest absolute Gasteiger partial charge is 0.222 e. The molecule has 0 saturated heterocycles. The summed E-state index contributed by atoms with van der Waals surface area (Å²) in [4.78, 5) is 0. The summed E-state index contributed by atoms with van der Waals surface area (Å²) < 4.78 is 1.03. The first-order chi connectivity index (χ1) is 4.83. The number of nitrogens with zero attached hydrogens (tertiary/aromatic N) is 1. The Hall–Kier alpha value is -1.09. The summed E-state index contributed by atoms with van der Waals surface area (Å²) >= 11 is 0. The van der Waals surface area contributed by atoms with Crippen LogP contribution in [-0.4, -0.2) is 12.3 Å². The molecule has 1 rings (SSSR count). The monoisotopic (exact) mass is 139 g/mol. The second kappa shape index (κ2) is 3.17. The molecule has 10 heavy (non-hydrogen) atoms. The predicted octanol–water partition coefficient (Wildman–Crippen LogP) is -0.0692. The second-order valence-electron chi connectivity index (χ2n) is 2.12. The largest absolute Gasteiger partial charge is 0.316 e. The van der Waals surface area contributed by atoms with Gasteiger partial charge < -0.3 is 5.32 Å². The van der Waals surface area contributed by atoms with Gasteiger partial charge in [0, 0.05) is 23.4 Å². The number of pyridine rings is 1. The number of rotatable bonds is 2. The van der Waals surface area contributed by atoms with Gasteiger partial charge in [0.05, 0.1) is 0 Å². The van der Waals surface area contributed by atoms with Crippen molar-refractivity contribution in [1.29, 1.82) is 0 Å². The average Bonchev–Trinajstić information content (AvgIpc) is 1.95. The first-order valence-corrected chi connectivity index (χ1v) is 3.17. The number of aromatic nitrogens is 1. The van der Waals surface area contributed by atoms with E-state index in [0.29, 0.717) is 0 Å². The van der Waals surface area contributed by atoms with Crippen molar-refractivity contribution in [3.8, 4) is 0 Å². The Morgan fingerprint density at radius 2 is 2.10 bits per heavy atom. The molecule has 0 aliphatic heterocycles. The lowest BCUT2D eigenvalue weighted by Gasteiger charge is -1.94. The molecule has 54 valence electrons. The summed E-state index contributed by atoms with van der Waals surface area (Å²) in [6.45, 7) is 0.834. The lowest BCUT2D eigenvalue weighted by Crippen LogP contribution is -2.28. The van der Waals surface area contributed by atoms with E-state index < -0.39 is 0 Å². The Bertz CT molecular complexity index is 195. The highest BCUT2D eigenvalue weighted by Gasteiger charge is 1.94. The van der Waals surface area contributed by atoms with E-state index in [4.69, 9.17) is 5.21 Å². The Kier molecular flexibility index (Phi) is 2.23. The van der Waals surface area contributed by atoms with E-state index in [0.717, 1.165) is 16.8 Å². The highest BCUT2D eigenvalue weighted by Crippen LogP contribution is 1.91. The second-order valence-corrected chi connectivity index (χ2v) is 2.12. The molecule has 0 fully saturated rings. The molecule has 0 saturated carbocycles. The van der Waals surface area contributed by atoms with E-state index in [1.807, 2.05) is 19.2 Å². The molecule has 0 bridgehead atoms. The van der Waals surface area contributed by atoms with Crippen molar-refractivity contribution in [2.45, 2.75) is 6.54 Å². The van der Waals surface area contributed by atoms with Crippen molar-refractivity contribution < 1.29 is 9.94 Å². The van der Waals surface area contributed by atoms with Crippen LogP contribution in [0.3, 0.4) is 0 Å². The summed E-state index contributed by atoms with van der Waals surface area (Å²) in [5, 5.41) is 11.8. The zero-order valence-corrected chi connectivity index (χ0v) is 5.91. The number of hydrogen-bond donors (Lipinski definition) is 2. The molecular formula is C7H11N2O+. The molecule has 3 heteroatoms. The van der Waals surface area contributed by atoms with Crippen molar-refractivity contribution in [3.63, 3.8) is 0 Å². The van der Waals surface area contributed by atoms with E-state index >= 15 is 0 Å². The fourth-order valence-corrected chi connectivity index (χ4v) is 0.771. The van der Waals surface area contributed by atoms with Crippen molar-refractivity contribution in [3.05, 3.63) is 30.1 Å². The summed E-state index contributed by atoms with van der Waals surface area (Å²) in [6.07, 6.45) is 3.21. The normalized spacial score (nSPS) is 9.70. The van der Waals surface area contributed by atoms with Gasteiger partial charge in [0.2, 0.25) is 12.4 Å². The molecule has 1 aromatic rings. The minimum absolute atomic E-state index is 0.834. The van der Waals surface area contributed by atoms with E-state index in [1.54, 1.807) is 12.4 Å².